The number of hydrogen-bond donors (Lipinski definition) is 1. The fourth-order valence-electron chi connectivity index (χ4n) is 2.58. The smallest absolute Gasteiger partial charge is 0.161 e. The van der Waals surface area contributed by atoms with Crippen LogP contribution in [-0.4, -0.2) is 6.61 Å². The largest absolute Gasteiger partial charge is 0.490 e. The number of benzene rings is 2. The van der Waals surface area contributed by atoms with Gasteiger partial charge in [-0.05, 0) is 54.4 Å². The van der Waals surface area contributed by atoms with Crippen molar-refractivity contribution in [3.63, 3.8) is 0 Å². The Hall–Kier alpha value is -2.14. The van der Waals surface area contributed by atoms with Crippen LogP contribution >= 0.6 is 23.2 Å². The van der Waals surface area contributed by atoms with Crippen LogP contribution in [0.5, 0.6) is 11.5 Å². The van der Waals surface area contributed by atoms with E-state index in [1.807, 2.05) is 43.3 Å². The maximum absolute atomic E-state index is 6.06. The lowest BCUT2D eigenvalue weighted by molar-refractivity contribution is 0.269. The van der Waals surface area contributed by atoms with Crippen LogP contribution in [0.4, 0.5) is 0 Å². The van der Waals surface area contributed by atoms with Gasteiger partial charge in [0.25, 0.3) is 0 Å². The standard InChI is InChI=1S/C21H21Cl2NO3/c1-2-25-21-11-15(12-24-13-17-4-3-9-26-17)6-8-20(21)27-14-16-5-7-18(22)19(23)10-16/h3-11,24H,2,12-14H2,1H3. The summed E-state index contributed by atoms with van der Waals surface area (Å²) in [6.07, 6.45) is 1.67. The second-order valence-corrected chi connectivity index (χ2v) is 6.75. The molecule has 0 aliphatic rings. The van der Waals surface area contributed by atoms with Crippen LogP contribution in [0.15, 0.2) is 59.2 Å². The summed E-state index contributed by atoms with van der Waals surface area (Å²) in [7, 11) is 0. The molecule has 0 fully saturated rings. The molecule has 0 aliphatic heterocycles. The van der Waals surface area contributed by atoms with Gasteiger partial charge in [0.05, 0.1) is 29.5 Å². The van der Waals surface area contributed by atoms with Gasteiger partial charge in [-0.15, -0.1) is 0 Å². The number of rotatable bonds is 9. The molecule has 27 heavy (non-hydrogen) atoms. The molecule has 0 amide bonds. The van der Waals surface area contributed by atoms with Gasteiger partial charge in [-0.1, -0.05) is 35.3 Å². The zero-order chi connectivity index (χ0) is 19.1. The van der Waals surface area contributed by atoms with E-state index in [0.29, 0.717) is 42.1 Å². The third-order valence-electron chi connectivity index (χ3n) is 3.89. The molecule has 4 nitrogen and oxygen atoms in total. The van der Waals surface area contributed by atoms with Gasteiger partial charge in [0, 0.05) is 6.54 Å². The highest BCUT2D eigenvalue weighted by Gasteiger charge is 2.08. The average Bonchev–Trinajstić information content (AvgIpc) is 3.17. The summed E-state index contributed by atoms with van der Waals surface area (Å²) in [6.45, 7) is 4.27. The third kappa shape index (κ3) is 5.67. The molecular weight excluding hydrogens is 385 g/mol. The molecule has 1 N–H and O–H groups in total. The summed E-state index contributed by atoms with van der Waals surface area (Å²) in [5, 5.41) is 4.39. The summed E-state index contributed by atoms with van der Waals surface area (Å²) in [6, 6.07) is 15.2. The lowest BCUT2D eigenvalue weighted by atomic mass is 10.2. The molecule has 0 unspecified atom stereocenters. The van der Waals surface area contributed by atoms with E-state index in [0.717, 1.165) is 22.6 Å². The van der Waals surface area contributed by atoms with Crippen molar-refractivity contribution in [2.24, 2.45) is 0 Å². The summed E-state index contributed by atoms with van der Waals surface area (Å²) in [5.74, 6) is 2.31. The highest BCUT2D eigenvalue weighted by molar-refractivity contribution is 6.42. The van der Waals surface area contributed by atoms with E-state index in [1.54, 1.807) is 18.4 Å². The van der Waals surface area contributed by atoms with Crippen LogP contribution in [0.1, 0.15) is 23.8 Å². The highest BCUT2D eigenvalue weighted by atomic mass is 35.5. The second-order valence-electron chi connectivity index (χ2n) is 5.93. The Morgan fingerprint density at radius 1 is 0.889 bits per heavy atom. The third-order valence-corrected chi connectivity index (χ3v) is 4.63. The molecule has 2 aromatic carbocycles. The lowest BCUT2D eigenvalue weighted by Gasteiger charge is -2.14. The lowest BCUT2D eigenvalue weighted by Crippen LogP contribution is -2.12. The molecule has 0 aliphatic carbocycles. The molecule has 0 saturated carbocycles. The molecule has 0 atom stereocenters. The van der Waals surface area contributed by atoms with Gasteiger partial charge in [0.1, 0.15) is 12.4 Å². The van der Waals surface area contributed by atoms with Crippen molar-refractivity contribution >= 4 is 23.2 Å². The summed E-state index contributed by atoms with van der Waals surface area (Å²) in [5.41, 5.74) is 2.04. The second kappa shape index (κ2) is 9.70. The molecule has 3 rings (SSSR count). The fourth-order valence-corrected chi connectivity index (χ4v) is 2.90. The Bertz CT molecular complexity index is 866. The minimum Gasteiger partial charge on any atom is -0.490 e. The van der Waals surface area contributed by atoms with Gasteiger partial charge in [-0.2, -0.15) is 0 Å². The zero-order valence-corrected chi connectivity index (χ0v) is 16.5. The Kier molecular flexibility index (Phi) is 7.04. The van der Waals surface area contributed by atoms with E-state index in [2.05, 4.69) is 5.32 Å². The first-order chi connectivity index (χ1) is 13.2. The maximum atomic E-state index is 6.06. The first-order valence-corrected chi connectivity index (χ1v) is 9.47. The molecule has 142 valence electrons. The Labute approximate surface area is 169 Å². The predicted octanol–water partition coefficient (Wildman–Crippen LogP) is 5.85. The number of halogens is 2. The number of furan rings is 1. The van der Waals surface area contributed by atoms with E-state index in [4.69, 9.17) is 37.1 Å². The van der Waals surface area contributed by atoms with Crippen LogP contribution in [0.2, 0.25) is 10.0 Å². The monoisotopic (exact) mass is 405 g/mol. The van der Waals surface area contributed by atoms with Crippen molar-refractivity contribution in [1.82, 2.24) is 5.32 Å². The van der Waals surface area contributed by atoms with Crippen LogP contribution in [0.3, 0.4) is 0 Å². The normalized spacial score (nSPS) is 10.8. The Morgan fingerprint density at radius 3 is 2.48 bits per heavy atom. The van der Waals surface area contributed by atoms with Gasteiger partial charge in [0.15, 0.2) is 11.5 Å². The number of hydrogen-bond acceptors (Lipinski definition) is 4. The van der Waals surface area contributed by atoms with Crippen LogP contribution < -0.4 is 14.8 Å². The van der Waals surface area contributed by atoms with Gasteiger partial charge in [0.2, 0.25) is 0 Å². The Morgan fingerprint density at radius 2 is 1.74 bits per heavy atom. The minimum absolute atomic E-state index is 0.382. The molecule has 6 heteroatoms. The van der Waals surface area contributed by atoms with Crippen molar-refractivity contribution in [2.45, 2.75) is 26.6 Å². The summed E-state index contributed by atoms with van der Waals surface area (Å²) in [4.78, 5) is 0. The number of nitrogens with one attached hydrogen (secondary N) is 1. The predicted molar refractivity (Wildman–Crippen MR) is 108 cm³/mol. The van der Waals surface area contributed by atoms with Crippen molar-refractivity contribution in [1.29, 1.82) is 0 Å². The zero-order valence-electron chi connectivity index (χ0n) is 15.0. The van der Waals surface area contributed by atoms with E-state index < -0.39 is 0 Å². The molecule has 0 radical (unpaired) electrons. The van der Waals surface area contributed by atoms with E-state index >= 15 is 0 Å². The Balaban J connectivity index is 1.62. The molecular formula is C21H21Cl2NO3. The SMILES string of the molecule is CCOc1cc(CNCc2ccco2)ccc1OCc1ccc(Cl)c(Cl)c1. The fraction of sp³-hybridized carbons (Fsp3) is 0.238. The van der Waals surface area contributed by atoms with Crippen molar-refractivity contribution < 1.29 is 13.9 Å². The quantitative estimate of drug-likeness (QED) is 0.484. The molecule has 0 spiro atoms. The first-order valence-electron chi connectivity index (χ1n) is 8.71. The van der Waals surface area contributed by atoms with Gasteiger partial charge in [-0.3, -0.25) is 0 Å². The van der Waals surface area contributed by atoms with Gasteiger partial charge in [-0.25, -0.2) is 0 Å². The molecule has 1 aromatic heterocycles. The maximum Gasteiger partial charge on any atom is 0.161 e. The van der Waals surface area contributed by atoms with Gasteiger partial charge >= 0.3 is 0 Å². The van der Waals surface area contributed by atoms with E-state index in [1.165, 1.54) is 0 Å². The van der Waals surface area contributed by atoms with Crippen LogP contribution in [-0.2, 0) is 19.7 Å². The number of ether oxygens (including phenoxy) is 2. The van der Waals surface area contributed by atoms with Crippen molar-refractivity contribution in [3.8, 4) is 11.5 Å². The highest BCUT2D eigenvalue weighted by Crippen LogP contribution is 2.30. The molecule has 3 aromatic rings. The van der Waals surface area contributed by atoms with E-state index in [9.17, 15) is 0 Å². The average molecular weight is 406 g/mol. The molecule has 1 heterocycles. The van der Waals surface area contributed by atoms with Gasteiger partial charge < -0.3 is 19.2 Å². The topological polar surface area (TPSA) is 43.6 Å². The minimum atomic E-state index is 0.382. The first kappa shape index (κ1) is 19.6. The molecule has 0 bridgehead atoms. The van der Waals surface area contributed by atoms with Crippen LogP contribution in [0.25, 0.3) is 0 Å². The summed E-state index contributed by atoms with van der Waals surface area (Å²) >= 11 is 12.0. The summed E-state index contributed by atoms with van der Waals surface area (Å²) < 4.78 is 17.0. The van der Waals surface area contributed by atoms with Crippen LogP contribution in [0, 0.1) is 0 Å². The van der Waals surface area contributed by atoms with E-state index in [-0.39, 0.29) is 0 Å². The molecule has 0 saturated heterocycles. The van der Waals surface area contributed by atoms with Crippen molar-refractivity contribution in [3.05, 3.63) is 81.7 Å². The van der Waals surface area contributed by atoms with Crippen molar-refractivity contribution in [2.75, 3.05) is 6.61 Å².